The lowest BCUT2D eigenvalue weighted by Gasteiger charge is -2.12. The highest BCUT2D eigenvalue weighted by Gasteiger charge is 2.12. The minimum absolute atomic E-state index is 0.228. The molecule has 7 heteroatoms. The predicted molar refractivity (Wildman–Crippen MR) is 85.6 cm³/mol. The monoisotopic (exact) mass is 319 g/mol. The number of aromatic nitrogens is 1. The lowest BCUT2D eigenvalue weighted by atomic mass is 10.2. The highest BCUT2D eigenvalue weighted by atomic mass is 16.5. The van der Waals surface area contributed by atoms with Crippen molar-refractivity contribution in [2.24, 2.45) is 0 Å². The van der Waals surface area contributed by atoms with Gasteiger partial charge < -0.3 is 24.5 Å². The zero-order valence-corrected chi connectivity index (χ0v) is 13.5. The van der Waals surface area contributed by atoms with Crippen LogP contribution in [0.15, 0.2) is 34.9 Å². The van der Waals surface area contributed by atoms with Crippen LogP contribution >= 0.6 is 0 Å². The number of methoxy groups -OCH3 is 1. The molecule has 0 saturated heterocycles. The predicted octanol–water partition coefficient (Wildman–Crippen LogP) is 2.89. The van der Waals surface area contributed by atoms with Crippen molar-refractivity contribution in [2.45, 2.75) is 19.9 Å². The molecule has 2 aromatic heterocycles. The van der Waals surface area contributed by atoms with Gasteiger partial charge in [-0.3, -0.25) is 0 Å². The molecule has 124 valence electrons. The van der Waals surface area contributed by atoms with Gasteiger partial charge in [0.15, 0.2) is 0 Å². The van der Waals surface area contributed by atoms with Crippen molar-refractivity contribution in [3.05, 3.63) is 42.0 Å². The van der Waals surface area contributed by atoms with E-state index >= 15 is 0 Å². The van der Waals surface area contributed by atoms with E-state index in [-0.39, 0.29) is 12.1 Å². The van der Waals surface area contributed by atoms with Crippen molar-refractivity contribution in [2.75, 3.05) is 25.6 Å². The van der Waals surface area contributed by atoms with Crippen molar-refractivity contribution in [1.82, 2.24) is 10.3 Å². The molecule has 0 aliphatic carbocycles. The normalized spacial score (nSPS) is 11.8. The smallest absolute Gasteiger partial charge is 0.319 e. The van der Waals surface area contributed by atoms with Crippen molar-refractivity contribution in [3.63, 3.8) is 0 Å². The highest BCUT2D eigenvalue weighted by molar-refractivity contribution is 5.89. The summed E-state index contributed by atoms with van der Waals surface area (Å²) in [5, 5.41) is 5.50. The van der Waals surface area contributed by atoms with E-state index in [1.54, 1.807) is 19.2 Å². The molecule has 2 heterocycles. The summed E-state index contributed by atoms with van der Waals surface area (Å²) in [7, 11) is 1.60. The molecule has 0 fully saturated rings. The Morgan fingerprint density at radius 1 is 1.30 bits per heavy atom. The van der Waals surface area contributed by atoms with Gasteiger partial charge in [-0.15, -0.1) is 0 Å². The Morgan fingerprint density at radius 2 is 2.13 bits per heavy atom. The van der Waals surface area contributed by atoms with Gasteiger partial charge in [0.05, 0.1) is 24.5 Å². The van der Waals surface area contributed by atoms with Gasteiger partial charge in [0.1, 0.15) is 18.1 Å². The van der Waals surface area contributed by atoms with Crippen molar-refractivity contribution in [3.8, 4) is 5.88 Å². The number of aryl methyl sites for hydroxylation is 1. The van der Waals surface area contributed by atoms with E-state index in [9.17, 15) is 4.79 Å². The van der Waals surface area contributed by atoms with E-state index in [2.05, 4.69) is 15.6 Å². The molecule has 0 bridgehead atoms. The largest absolute Gasteiger partial charge is 0.475 e. The summed E-state index contributed by atoms with van der Waals surface area (Å²) in [6.07, 6.45) is 1.53. The Kier molecular flexibility index (Phi) is 5.99. The average molecular weight is 319 g/mol. The highest BCUT2D eigenvalue weighted by Crippen LogP contribution is 2.16. The van der Waals surface area contributed by atoms with Crippen LogP contribution in [0.1, 0.15) is 24.5 Å². The Hall–Kier alpha value is -2.54. The third kappa shape index (κ3) is 5.30. The molecule has 2 amide bonds. The molecular weight excluding hydrogens is 298 g/mol. The number of ether oxygens (including phenoxy) is 2. The third-order valence-corrected chi connectivity index (χ3v) is 3.07. The molecule has 0 radical (unpaired) electrons. The minimum Gasteiger partial charge on any atom is -0.475 e. The zero-order chi connectivity index (χ0) is 16.7. The number of pyridine rings is 1. The van der Waals surface area contributed by atoms with Crippen molar-refractivity contribution in [1.29, 1.82) is 0 Å². The van der Waals surface area contributed by atoms with E-state index < -0.39 is 0 Å². The summed E-state index contributed by atoms with van der Waals surface area (Å²) in [6.45, 7) is 4.63. The number of nitrogens with zero attached hydrogens (tertiary/aromatic N) is 1. The molecule has 0 aliphatic heterocycles. The lowest BCUT2D eigenvalue weighted by molar-refractivity contribution is 0.144. The molecule has 0 spiro atoms. The first-order valence-electron chi connectivity index (χ1n) is 7.30. The number of nitrogens with one attached hydrogen (secondary N) is 2. The fourth-order valence-corrected chi connectivity index (χ4v) is 1.89. The first-order chi connectivity index (χ1) is 11.1. The fraction of sp³-hybridized carbons (Fsp3) is 0.375. The number of urea groups is 1. The van der Waals surface area contributed by atoms with Crippen LogP contribution < -0.4 is 15.4 Å². The summed E-state index contributed by atoms with van der Waals surface area (Å²) in [5.41, 5.74) is 0.574. The quantitative estimate of drug-likeness (QED) is 0.766. The Labute approximate surface area is 135 Å². The maximum absolute atomic E-state index is 12.0. The molecule has 23 heavy (non-hydrogen) atoms. The van der Waals surface area contributed by atoms with Crippen molar-refractivity contribution >= 4 is 11.7 Å². The van der Waals surface area contributed by atoms with E-state index in [1.165, 1.54) is 6.20 Å². The molecule has 1 atom stereocenters. The van der Waals surface area contributed by atoms with E-state index in [1.807, 2.05) is 26.0 Å². The molecule has 2 aromatic rings. The molecule has 0 aliphatic rings. The molecular formula is C16H21N3O4. The second kappa shape index (κ2) is 8.19. The number of hydrogen-bond acceptors (Lipinski definition) is 5. The molecule has 0 unspecified atom stereocenters. The lowest BCUT2D eigenvalue weighted by Crippen LogP contribution is -2.31. The van der Waals surface area contributed by atoms with Gasteiger partial charge in [-0.1, -0.05) is 0 Å². The number of carbonyl (C=O) groups excluding carboxylic acids is 1. The van der Waals surface area contributed by atoms with Gasteiger partial charge in [0.25, 0.3) is 0 Å². The number of amides is 2. The van der Waals surface area contributed by atoms with Gasteiger partial charge in [0, 0.05) is 13.2 Å². The topological polar surface area (TPSA) is 85.6 Å². The second-order valence-electron chi connectivity index (χ2n) is 4.99. The number of carbonyl (C=O) groups is 1. The number of furan rings is 1. The van der Waals surface area contributed by atoms with Crippen LogP contribution in [0.4, 0.5) is 10.5 Å². The molecule has 0 aromatic carbocycles. The van der Waals surface area contributed by atoms with Crippen LogP contribution in [0.2, 0.25) is 0 Å². The van der Waals surface area contributed by atoms with Crippen LogP contribution in [-0.2, 0) is 4.74 Å². The summed E-state index contributed by atoms with van der Waals surface area (Å²) in [6, 6.07) is 6.54. The molecule has 2 N–H and O–H groups in total. The number of hydrogen-bond donors (Lipinski definition) is 2. The van der Waals surface area contributed by atoms with E-state index in [0.717, 1.165) is 5.76 Å². The van der Waals surface area contributed by atoms with E-state index in [4.69, 9.17) is 13.9 Å². The van der Waals surface area contributed by atoms with Crippen LogP contribution in [0.25, 0.3) is 0 Å². The minimum atomic E-state index is -0.332. The van der Waals surface area contributed by atoms with Crippen LogP contribution in [0, 0.1) is 6.92 Å². The van der Waals surface area contributed by atoms with Gasteiger partial charge in [-0.25, -0.2) is 9.78 Å². The molecule has 2 rings (SSSR count). The fourth-order valence-electron chi connectivity index (χ4n) is 1.89. The number of anilines is 1. The van der Waals surface area contributed by atoms with Gasteiger partial charge >= 0.3 is 6.03 Å². The SMILES string of the molecule is COCCOc1ccc(NC(=O)N[C@@H](C)c2ccc(C)o2)cn1. The average Bonchev–Trinajstić information content (AvgIpc) is 2.96. The van der Waals surface area contributed by atoms with Crippen LogP contribution in [0.3, 0.4) is 0 Å². The first kappa shape index (κ1) is 16.8. The molecule has 0 saturated carbocycles. The van der Waals surface area contributed by atoms with Gasteiger partial charge in [-0.2, -0.15) is 0 Å². The summed E-state index contributed by atoms with van der Waals surface area (Å²) in [4.78, 5) is 16.1. The van der Waals surface area contributed by atoms with E-state index in [0.29, 0.717) is 30.5 Å². The van der Waals surface area contributed by atoms with Gasteiger partial charge in [0.2, 0.25) is 5.88 Å². The first-order valence-corrected chi connectivity index (χ1v) is 7.30. The Balaban J connectivity index is 1.82. The molecule has 7 nitrogen and oxygen atoms in total. The van der Waals surface area contributed by atoms with Gasteiger partial charge in [-0.05, 0) is 32.0 Å². The van der Waals surface area contributed by atoms with Crippen LogP contribution in [0.5, 0.6) is 5.88 Å². The zero-order valence-electron chi connectivity index (χ0n) is 13.5. The summed E-state index contributed by atoms with van der Waals surface area (Å²) < 4.78 is 15.7. The maximum atomic E-state index is 12.0. The Bertz CT molecular complexity index is 625. The summed E-state index contributed by atoms with van der Waals surface area (Å²) >= 11 is 0. The standard InChI is InChI=1S/C16H21N3O4/c1-11-4-6-14(23-11)12(2)18-16(20)19-13-5-7-15(17-10-13)22-9-8-21-3/h4-7,10,12H,8-9H2,1-3H3,(H2,18,19,20)/t12-/m0/s1. The second-order valence-corrected chi connectivity index (χ2v) is 4.99. The summed E-state index contributed by atoms with van der Waals surface area (Å²) in [5.74, 6) is 1.99. The third-order valence-electron chi connectivity index (χ3n) is 3.07. The maximum Gasteiger partial charge on any atom is 0.319 e. The Morgan fingerprint density at radius 3 is 2.74 bits per heavy atom. The van der Waals surface area contributed by atoms with Crippen molar-refractivity contribution < 1.29 is 18.7 Å². The van der Waals surface area contributed by atoms with Crippen LogP contribution in [-0.4, -0.2) is 31.3 Å². The number of rotatable bonds is 7.